The zero-order valence-corrected chi connectivity index (χ0v) is 11.5. The Bertz CT molecular complexity index is 419. The Hall–Kier alpha value is -1.77. The maximum atomic E-state index is 11.2. The van der Waals surface area contributed by atoms with Crippen LogP contribution < -0.4 is 5.32 Å². The molecular weight excluding hydrogens is 226 g/mol. The third kappa shape index (κ3) is 4.24. The van der Waals surface area contributed by atoms with E-state index in [0.29, 0.717) is 18.0 Å². The minimum absolute atomic E-state index is 0.285. The number of ether oxygens (including phenoxy) is 1. The number of carbonyl (C=O) groups excluding carboxylic acids is 1. The third-order valence-electron chi connectivity index (χ3n) is 2.80. The van der Waals surface area contributed by atoms with Crippen LogP contribution in [0.5, 0.6) is 0 Å². The van der Waals surface area contributed by atoms with Crippen LogP contribution in [0.15, 0.2) is 35.9 Å². The molecule has 18 heavy (non-hydrogen) atoms. The first kappa shape index (κ1) is 14.3. The molecule has 1 rings (SSSR count). The van der Waals surface area contributed by atoms with Gasteiger partial charge < -0.3 is 10.1 Å². The normalized spacial score (nSPS) is 11.5. The lowest BCUT2D eigenvalue weighted by atomic mass is 10.0. The van der Waals surface area contributed by atoms with Crippen LogP contribution in [0.3, 0.4) is 0 Å². The molecule has 0 fully saturated rings. The molecule has 98 valence electrons. The molecule has 1 aromatic rings. The Morgan fingerprint density at radius 1 is 1.33 bits per heavy atom. The van der Waals surface area contributed by atoms with Gasteiger partial charge >= 0.3 is 5.97 Å². The molecule has 0 spiro atoms. The number of hydrogen-bond donors (Lipinski definition) is 1. The van der Waals surface area contributed by atoms with Gasteiger partial charge in [0.1, 0.15) is 0 Å². The van der Waals surface area contributed by atoms with E-state index in [4.69, 9.17) is 0 Å². The fourth-order valence-electron chi connectivity index (χ4n) is 1.55. The van der Waals surface area contributed by atoms with Crippen molar-refractivity contribution in [3.63, 3.8) is 0 Å². The quantitative estimate of drug-likeness (QED) is 0.640. The van der Waals surface area contributed by atoms with Gasteiger partial charge in [-0.05, 0) is 30.5 Å². The molecular formula is C15H21NO2. The molecule has 0 atom stereocenters. The Labute approximate surface area is 109 Å². The first-order valence-corrected chi connectivity index (χ1v) is 6.13. The predicted octanol–water partition coefficient (Wildman–Crippen LogP) is 3.34. The van der Waals surface area contributed by atoms with Crippen molar-refractivity contribution in [2.24, 2.45) is 0 Å². The number of nitrogens with one attached hydrogen (secondary N) is 1. The fourth-order valence-corrected chi connectivity index (χ4v) is 1.55. The van der Waals surface area contributed by atoms with Crippen LogP contribution >= 0.6 is 0 Å². The highest BCUT2D eigenvalue weighted by atomic mass is 16.5. The maximum Gasteiger partial charge on any atom is 0.333 e. The summed E-state index contributed by atoms with van der Waals surface area (Å²) < 4.78 is 4.62. The van der Waals surface area contributed by atoms with Crippen LogP contribution in [0.25, 0.3) is 0 Å². The highest BCUT2D eigenvalue weighted by Gasteiger charge is 2.01. The van der Waals surface area contributed by atoms with E-state index in [1.807, 2.05) is 6.08 Å². The molecule has 0 aromatic heterocycles. The summed E-state index contributed by atoms with van der Waals surface area (Å²) in [5, 5.41) is 3.24. The van der Waals surface area contributed by atoms with Gasteiger partial charge in [-0.15, -0.1) is 0 Å². The fraction of sp³-hybridized carbons (Fsp3) is 0.400. The lowest BCUT2D eigenvalue weighted by Gasteiger charge is -2.08. The van der Waals surface area contributed by atoms with Crippen LogP contribution in [0, 0.1) is 0 Å². The van der Waals surface area contributed by atoms with Crippen molar-refractivity contribution < 1.29 is 9.53 Å². The van der Waals surface area contributed by atoms with E-state index in [2.05, 4.69) is 48.2 Å². The minimum atomic E-state index is -0.285. The lowest BCUT2D eigenvalue weighted by molar-refractivity contribution is -0.136. The molecule has 3 heteroatoms. The second kappa shape index (κ2) is 6.84. The van der Waals surface area contributed by atoms with E-state index in [-0.39, 0.29) is 5.97 Å². The van der Waals surface area contributed by atoms with Crippen molar-refractivity contribution in [2.45, 2.75) is 26.7 Å². The van der Waals surface area contributed by atoms with E-state index in [0.717, 1.165) is 5.69 Å². The molecule has 0 heterocycles. The number of benzene rings is 1. The standard InChI is InChI=1S/C15H21NO2/c1-11(2)13-5-7-14(8-6-13)16-10-9-12(3)15(17)18-4/h5-9,11,16H,10H2,1-4H3/b12-9+. The summed E-state index contributed by atoms with van der Waals surface area (Å²) in [5.74, 6) is 0.257. The largest absolute Gasteiger partial charge is 0.466 e. The van der Waals surface area contributed by atoms with E-state index >= 15 is 0 Å². The van der Waals surface area contributed by atoms with Gasteiger partial charge in [0, 0.05) is 17.8 Å². The third-order valence-corrected chi connectivity index (χ3v) is 2.80. The van der Waals surface area contributed by atoms with Gasteiger partial charge in [-0.1, -0.05) is 32.1 Å². The average molecular weight is 247 g/mol. The van der Waals surface area contributed by atoms with Crippen molar-refractivity contribution in [2.75, 3.05) is 19.0 Å². The number of hydrogen-bond acceptors (Lipinski definition) is 3. The van der Waals surface area contributed by atoms with E-state index in [1.54, 1.807) is 6.92 Å². The second-order valence-electron chi connectivity index (χ2n) is 4.54. The molecule has 3 nitrogen and oxygen atoms in total. The number of anilines is 1. The molecule has 0 unspecified atom stereocenters. The predicted molar refractivity (Wildman–Crippen MR) is 74.8 cm³/mol. The molecule has 1 aromatic carbocycles. The topological polar surface area (TPSA) is 38.3 Å². The molecule has 0 saturated carbocycles. The molecule has 0 bridgehead atoms. The van der Waals surface area contributed by atoms with E-state index in [1.165, 1.54) is 12.7 Å². The monoisotopic (exact) mass is 247 g/mol. The second-order valence-corrected chi connectivity index (χ2v) is 4.54. The summed E-state index contributed by atoms with van der Waals surface area (Å²) >= 11 is 0. The number of methoxy groups -OCH3 is 1. The van der Waals surface area contributed by atoms with Crippen LogP contribution in [0.4, 0.5) is 5.69 Å². The smallest absolute Gasteiger partial charge is 0.333 e. The summed E-state index contributed by atoms with van der Waals surface area (Å²) in [5.41, 5.74) is 2.99. The summed E-state index contributed by atoms with van der Waals surface area (Å²) in [4.78, 5) is 11.2. The molecule has 0 saturated heterocycles. The molecule has 0 aliphatic carbocycles. The Morgan fingerprint density at radius 2 is 1.94 bits per heavy atom. The van der Waals surface area contributed by atoms with Crippen LogP contribution in [0.1, 0.15) is 32.3 Å². The van der Waals surface area contributed by atoms with Crippen LogP contribution in [-0.2, 0) is 9.53 Å². The minimum Gasteiger partial charge on any atom is -0.466 e. The van der Waals surface area contributed by atoms with Crippen molar-refractivity contribution in [3.8, 4) is 0 Å². The van der Waals surface area contributed by atoms with Crippen molar-refractivity contribution >= 4 is 11.7 Å². The summed E-state index contributed by atoms with van der Waals surface area (Å²) in [6.07, 6.45) is 1.82. The Morgan fingerprint density at radius 3 is 2.44 bits per heavy atom. The average Bonchev–Trinajstić information content (AvgIpc) is 2.38. The maximum absolute atomic E-state index is 11.2. The van der Waals surface area contributed by atoms with Gasteiger partial charge in [-0.25, -0.2) is 4.79 Å². The van der Waals surface area contributed by atoms with Crippen LogP contribution in [-0.4, -0.2) is 19.6 Å². The highest BCUT2D eigenvalue weighted by molar-refractivity contribution is 5.87. The molecule has 0 aliphatic heterocycles. The zero-order chi connectivity index (χ0) is 13.5. The summed E-state index contributed by atoms with van der Waals surface area (Å²) in [6, 6.07) is 8.33. The van der Waals surface area contributed by atoms with Crippen molar-refractivity contribution in [3.05, 3.63) is 41.5 Å². The number of rotatable bonds is 5. The van der Waals surface area contributed by atoms with E-state index < -0.39 is 0 Å². The van der Waals surface area contributed by atoms with Crippen molar-refractivity contribution in [1.82, 2.24) is 0 Å². The van der Waals surface area contributed by atoms with Gasteiger partial charge in [0.05, 0.1) is 7.11 Å². The first-order chi connectivity index (χ1) is 8.54. The number of esters is 1. The molecule has 0 amide bonds. The first-order valence-electron chi connectivity index (χ1n) is 6.13. The lowest BCUT2D eigenvalue weighted by Crippen LogP contribution is -2.05. The van der Waals surface area contributed by atoms with Gasteiger partial charge in [0.25, 0.3) is 0 Å². The number of carbonyl (C=O) groups is 1. The summed E-state index contributed by atoms with van der Waals surface area (Å²) in [6.45, 7) is 6.70. The van der Waals surface area contributed by atoms with Gasteiger partial charge in [0.2, 0.25) is 0 Å². The Balaban J connectivity index is 2.51. The van der Waals surface area contributed by atoms with Gasteiger partial charge in [-0.2, -0.15) is 0 Å². The Kier molecular flexibility index (Phi) is 5.43. The summed E-state index contributed by atoms with van der Waals surface area (Å²) in [7, 11) is 1.39. The highest BCUT2D eigenvalue weighted by Crippen LogP contribution is 2.16. The molecule has 0 aliphatic rings. The van der Waals surface area contributed by atoms with Gasteiger partial charge in [0.15, 0.2) is 0 Å². The zero-order valence-electron chi connectivity index (χ0n) is 11.5. The van der Waals surface area contributed by atoms with Gasteiger partial charge in [-0.3, -0.25) is 0 Å². The SMILES string of the molecule is COC(=O)/C(C)=C/CNc1ccc(C(C)C)cc1. The van der Waals surface area contributed by atoms with E-state index in [9.17, 15) is 4.79 Å². The van der Waals surface area contributed by atoms with Crippen LogP contribution in [0.2, 0.25) is 0 Å². The molecule has 1 N–H and O–H groups in total. The molecule has 0 radical (unpaired) electrons. The van der Waals surface area contributed by atoms with Crippen molar-refractivity contribution in [1.29, 1.82) is 0 Å².